The second-order valence-electron chi connectivity index (χ2n) is 6.78. The van der Waals surface area contributed by atoms with Crippen molar-refractivity contribution in [2.75, 3.05) is 23.7 Å². The van der Waals surface area contributed by atoms with Gasteiger partial charge in [-0.25, -0.2) is 18.2 Å². The molecule has 3 heterocycles. The van der Waals surface area contributed by atoms with Crippen LogP contribution in [0, 0.1) is 5.82 Å². The number of halogens is 3. The van der Waals surface area contributed by atoms with Crippen LogP contribution in [-0.4, -0.2) is 39.6 Å². The molecule has 1 aliphatic heterocycles. The molecule has 27 heavy (non-hydrogen) atoms. The first-order valence-electron chi connectivity index (χ1n) is 8.58. The minimum atomic E-state index is -2.90. The third kappa shape index (κ3) is 3.30. The van der Waals surface area contributed by atoms with Crippen molar-refractivity contribution in [3.05, 3.63) is 48.0 Å². The third-order valence-corrected chi connectivity index (χ3v) is 4.82. The zero-order chi connectivity index (χ0) is 19.2. The number of hydrogen-bond donors (Lipinski definition) is 2. The summed E-state index contributed by atoms with van der Waals surface area (Å²) in [4.78, 5) is 10.5. The van der Waals surface area contributed by atoms with Crippen molar-refractivity contribution in [3.8, 4) is 0 Å². The van der Waals surface area contributed by atoms with Crippen LogP contribution in [0.25, 0.3) is 11.0 Å². The minimum absolute atomic E-state index is 0.0338. The number of piperidine rings is 1. The van der Waals surface area contributed by atoms with Crippen LogP contribution in [0.3, 0.4) is 0 Å². The van der Waals surface area contributed by atoms with Crippen molar-refractivity contribution in [2.45, 2.75) is 24.9 Å². The number of rotatable bonds is 3. The lowest BCUT2D eigenvalue weighted by Gasteiger charge is -2.37. The summed E-state index contributed by atoms with van der Waals surface area (Å²) in [6, 6.07) is 6.47. The number of imidazole rings is 1. The standard InChI is InChI=1S/C18H19F3N6/c19-11-1-4-14-15(7-11)27(9-13-3-2-12(22)8-24-13)17(25-14)26-6-5-18(20,21)16(23)10-26/h1-4,7-8,16H,5-6,9-10,22-23H2/t16-/m1/s1. The van der Waals surface area contributed by atoms with Gasteiger partial charge in [-0.3, -0.25) is 4.98 Å². The molecule has 1 saturated heterocycles. The van der Waals surface area contributed by atoms with Gasteiger partial charge >= 0.3 is 0 Å². The molecule has 0 radical (unpaired) electrons. The number of pyridine rings is 1. The minimum Gasteiger partial charge on any atom is -0.397 e. The second-order valence-corrected chi connectivity index (χ2v) is 6.78. The quantitative estimate of drug-likeness (QED) is 0.733. The number of hydrogen-bond acceptors (Lipinski definition) is 5. The van der Waals surface area contributed by atoms with E-state index in [0.29, 0.717) is 34.9 Å². The predicted octanol–water partition coefficient (Wildman–Crippen LogP) is 2.37. The zero-order valence-corrected chi connectivity index (χ0v) is 14.4. The summed E-state index contributed by atoms with van der Waals surface area (Å²) in [6.45, 7) is 0.382. The van der Waals surface area contributed by atoms with Gasteiger partial charge in [0.1, 0.15) is 5.82 Å². The Kier molecular flexibility index (Phi) is 4.18. The summed E-state index contributed by atoms with van der Waals surface area (Å²) in [5, 5.41) is 0. The number of benzene rings is 1. The van der Waals surface area contributed by atoms with Crippen LogP contribution < -0.4 is 16.4 Å². The Hall–Kier alpha value is -2.81. The molecular weight excluding hydrogens is 357 g/mol. The molecule has 1 aliphatic rings. The number of aromatic nitrogens is 3. The molecule has 0 amide bonds. The van der Waals surface area contributed by atoms with Gasteiger partial charge in [-0.15, -0.1) is 0 Å². The van der Waals surface area contributed by atoms with Crippen molar-refractivity contribution in [1.29, 1.82) is 0 Å². The van der Waals surface area contributed by atoms with Crippen LogP contribution in [0.15, 0.2) is 36.5 Å². The first-order chi connectivity index (χ1) is 12.8. The number of anilines is 2. The Bertz CT molecular complexity index is 969. The highest BCUT2D eigenvalue weighted by molar-refractivity contribution is 5.79. The molecule has 1 atom stereocenters. The summed E-state index contributed by atoms with van der Waals surface area (Å²) in [7, 11) is 0. The molecule has 4 N–H and O–H groups in total. The van der Waals surface area contributed by atoms with E-state index in [0.717, 1.165) is 0 Å². The molecule has 0 saturated carbocycles. The molecule has 1 aromatic carbocycles. The smallest absolute Gasteiger partial charge is 0.266 e. The Morgan fingerprint density at radius 1 is 1.22 bits per heavy atom. The van der Waals surface area contributed by atoms with Gasteiger partial charge in [-0.1, -0.05) is 0 Å². The lowest BCUT2D eigenvalue weighted by atomic mass is 10.0. The van der Waals surface area contributed by atoms with Gasteiger partial charge in [-0.05, 0) is 30.3 Å². The van der Waals surface area contributed by atoms with Crippen molar-refractivity contribution < 1.29 is 13.2 Å². The van der Waals surface area contributed by atoms with E-state index in [9.17, 15) is 13.2 Å². The SMILES string of the molecule is Nc1ccc(Cn2c(N3CCC(F)(F)[C@H](N)C3)nc3ccc(F)cc32)nc1. The molecule has 0 unspecified atom stereocenters. The van der Waals surface area contributed by atoms with Crippen LogP contribution in [-0.2, 0) is 6.54 Å². The first-order valence-corrected chi connectivity index (χ1v) is 8.58. The summed E-state index contributed by atoms with van der Waals surface area (Å²) >= 11 is 0. The fourth-order valence-corrected chi connectivity index (χ4v) is 3.29. The zero-order valence-electron chi connectivity index (χ0n) is 14.4. The maximum atomic E-state index is 13.8. The summed E-state index contributed by atoms with van der Waals surface area (Å²) < 4.78 is 43.1. The van der Waals surface area contributed by atoms with Crippen LogP contribution in [0.5, 0.6) is 0 Å². The molecule has 0 aliphatic carbocycles. The largest absolute Gasteiger partial charge is 0.397 e. The Labute approximate surface area is 153 Å². The molecule has 0 bridgehead atoms. The number of fused-ring (bicyclic) bond motifs is 1. The molecular formula is C18H19F3N6. The molecule has 0 spiro atoms. The van der Waals surface area contributed by atoms with Crippen LogP contribution in [0.1, 0.15) is 12.1 Å². The summed E-state index contributed by atoms with van der Waals surface area (Å²) in [5.41, 5.74) is 13.7. The van der Waals surface area contributed by atoms with Gasteiger partial charge in [0.05, 0.1) is 41.2 Å². The van der Waals surface area contributed by atoms with Gasteiger partial charge in [0.15, 0.2) is 0 Å². The molecule has 2 aromatic heterocycles. The van der Waals surface area contributed by atoms with E-state index in [4.69, 9.17) is 11.5 Å². The molecule has 3 aromatic rings. The van der Waals surface area contributed by atoms with Crippen LogP contribution in [0.4, 0.5) is 24.8 Å². The van der Waals surface area contributed by atoms with Gasteiger partial charge in [0.2, 0.25) is 5.95 Å². The average molecular weight is 376 g/mol. The number of nitrogen functional groups attached to an aromatic ring is 1. The number of nitrogens with two attached hydrogens (primary N) is 2. The molecule has 6 nitrogen and oxygen atoms in total. The lowest BCUT2D eigenvalue weighted by Crippen LogP contribution is -2.55. The van der Waals surface area contributed by atoms with Crippen LogP contribution >= 0.6 is 0 Å². The van der Waals surface area contributed by atoms with E-state index in [1.54, 1.807) is 27.7 Å². The van der Waals surface area contributed by atoms with E-state index in [1.165, 1.54) is 18.3 Å². The summed E-state index contributed by atoms with van der Waals surface area (Å²) in [6.07, 6.45) is 1.18. The van der Waals surface area contributed by atoms with Gasteiger partial charge in [0, 0.05) is 19.5 Å². The maximum absolute atomic E-state index is 13.8. The van der Waals surface area contributed by atoms with Crippen molar-refractivity contribution in [3.63, 3.8) is 0 Å². The Balaban J connectivity index is 1.76. The van der Waals surface area contributed by atoms with Gasteiger partial charge in [-0.2, -0.15) is 0 Å². The van der Waals surface area contributed by atoms with E-state index < -0.39 is 17.8 Å². The van der Waals surface area contributed by atoms with E-state index in [1.807, 2.05) is 0 Å². The monoisotopic (exact) mass is 376 g/mol. The van der Waals surface area contributed by atoms with Crippen molar-refractivity contribution >= 4 is 22.7 Å². The maximum Gasteiger partial charge on any atom is 0.266 e. The summed E-state index contributed by atoms with van der Waals surface area (Å²) in [5.74, 6) is -2.83. The molecule has 4 rings (SSSR count). The highest BCUT2D eigenvalue weighted by Gasteiger charge is 2.42. The lowest BCUT2D eigenvalue weighted by molar-refractivity contribution is -0.0395. The fraction of sp³-hybridized carbons (Fsp3) is 0.333. The van der Waals surface area contributed by atoms with Gasteiger partial charge < -0.3 is 20.9 Å². The topological polar surface area (TPSA) is 86.0 Å². The number of nitrogens with zero attached hydrogens (tertiary/aromatic N) is 4. The highest BCUT2D eigenvalue weighted by atomic mass is 19.3. The Morgan fingerprint density at radius 3 is 2.74 bits per heavy atom. The van der Waals surface area contributed by atoms with Crippen LogP contribution in [0.2, 0.25) is 0 Å². The first kappa shape index (κ1) is 17.6. The van der Waals surface area contributed by atoms with E-state index in [2.05, 4.69) is 9.97 Å². The Morgan fingerprint density at radius 2 is 2.04 bits per heavy atom. The average Bonchev–Trinajstić information content (AvgIpc) is 2.97. The molecule has 142 valence electrons. The molecule has 1 fully saturated rings. The van der Waals surface area contributed by atoms with E-state index in [-0.39, 0.29) is 19.5 Å². The number of alkyl halides is 2. The predicted molar refractivity (Wildman–Crippen MR) is 97.2 cm³/mol. The van der Waals surface area contributed by atoms with Crippen molar-refractivity contribution in [1.82, 2.24) is 14.5 Å². The van der Waals surface area contributed by atoms with Gasteiger partial charge in [0.25, 0.3) is 5.92 Å². The highest BCUT2D eigenvalue weighted by Crippen LogP contribution is 2.32. The molecule has 9 heteroatoms. The van der Waals surface area contributed by atoms with E-state index >= 15 is 0 Å². The fourth-order valence-electron chi connectivity index (χ4n) is 3.29. The third-order valence-electron chi connectivity index (χ3n) is 4.82. The second kappa shape index (κ2) is 6.41. The normalized spacial score (nSPS) is 19.6. The van der Waals surface area contributed by atoms with Crippen molar-refractivity contribution in [2.24, 2.45) is 5.73 Å².